The molecule has 3 amide bonds. The third kappa shape index (κ3) is 4.98. The Balaban J connectivity index is 1.36. The number of carbonyl (C=O) groups is 3. The number of hydrogen-bond donors (Lipinski definition) is 4. The SMILES string of the molecule is CN[C@H](C[C@@H]1CCCNC1=O)NC(=O)C1CC2(CCCCC2)CN1C(=O)c1cc2c(Cl)cccc2[nH]1. The predicted molar refractivity (Wildman–Crippen MR) is 140 cm³/mol. The Kier molecular flexibility index (Phi) is 7.26. The van der Waals surface area contributed by atoms with E-state index in [1.54, 1.807) is 24.1 Å². The van der Waals surface area contributed by atoms with Gasteiger partial charge in [-0.25, -0.2) is 0 Å². The summed E-state index contributed by atoms with van der Waals surface area (Å²) in [6, 6.07) is 6.79. The van der Waals surface area contributed by atoms with Crippen LogP contribution in [-0.4, -0.2) is 60.0 Å². The van der Waals surface area contributed by atoms with Crippen LogP contribution in [0.5, 0.6) is 0 Å². The van der Waals surface area contributed by atoms with Crippen molar-refractivity contribution >= 4 is 40.2 Å². The summed E-state index contributed by atoms with van der Waals surface area (Å²) >= 11 is 6.35. The number of piperidine rings is 1. The molecule has 1 saturated carbocycles. The summed E-state index contributed by atoms with van der Waals surface area (Å²) in [5.41, 5.74) is 1.24. The quantitative estimate of drug-likeness (QED) is 0.443. The zero-order valence-electron chi connectivity index (χ0n) is 20.9. The Morgan fingerprint density at radius 2 is 2.03 bits per heavy atom. The molecule has 2 aromatic rings. The van der Waals surface area contributed by atoms with Crippen molar-refractivity contribution in [2.75, 3.05) is 20.1 Å². The molecule has 3 fully saturated rings. The van der Waals surface area contributed by atoms with E-state index in [-0.39, 0.29) is 35.2 Å². The maximum absolute atomic E-state index is 13.8. The number of rotatable bonds is 6. The molecule has 2 aliphatic heterocycles. The van der Waals surface area contributed by atoms with Crippen molar-refractivity contribution in [3.8, 4) is 0 Å². The zero-order chi connectivity index (χ0) is 25.3. The van der Waals surface area contributed by atoms with Gasteiger partial charge in [0.2, 0.25) is 11.8 Å². The monoisotopic (exact) mass is 513 g/mol. The van der Waals surface area contributed by atoms with Crippen molar-refractivity contribution in [3.05, 3.63) is 35.0 Å². The van der Waals surface area contributed by atoms with Gasteiger partial charge in [-0.3, -0.25) is 14.4 Å². The van der Waals surface area contributed by atoms with E-state index in [0.717, 1.165) is 49.4 Å². The molecule has 4 N–H and O–H groups in total. The Bertz CT molecular complexity index is 1140. The third-order valence-corrected chi connectivity index (χ3v) is 8.74. The van der Waals surface area contributed by atoms with Gasteiger partial charge in [-0.1, -0.05) is 36.9 Å². The number of benzene rings is 1. The lowest BCUT2D eigenvalue weighted by Gasteiger charge is -2.32. The minimum absolute atomic E-state index is 0.0159. The summed E-state index contributed by atoms with van der Waals surface area (Å²) in [6.07, 6.45) is 8.18. The van der Waals surface area contributed by atoms with Crippen LogP contribution in [-0.2, 0) is 9.59 Å². The first kappa shape index (κ1) is 25.1. The van der Waals surface area contributed by atoms with Crippen LogP contribution in [0.3, 0.4) is 0 Å². The number of likely N-dealkylation sites (tertiary alicyclic amines) is 1. The minimum atomic E-state index is -0.548. The first-order valence-electron chi connectivity index (χ1n) is 13.2. The molecule has 1 aromatic heterocycles. The fourth-order valence-corrected chi connectivity index (χ4v) is 6.65. The fourth-order valence-electron chi connectivity index (χ4n) is 6.42. The highest BCUT2D eigenvalue weighted by molar-refractivity contribution is 6.35. The summed E-state index contributed by atoms with van der Waals surface area (Å²) in [5, 5.41) is 10.6. The lowest BCUT2D eigenvalue weighted by Crippen LogP contribution is -2.53. The number of nitrogens with one attached hydrogen (secondary N) is 4. The number of aromatic nitrogens is 1. The van der Waals surface area contributed by atoms with Crippen LogP contribution in [0.25, 0.3) is 10.9 Å². The number of halogens is 1. The molecule has 9 heteroatoms. The first-order chi connectivity index (χ1) is 17.4. The van der Waals surface area contributed by atoms with Gasteiger partial charge in [-0.15, -0.1) is 0 Å². The maximum atomic E-state index is 13.8. The molecule has 3 atom stereocenters. The van der Waals surface area contributed by atoms with E-state index >= 15 is 0 Å². The summed E-state index contributed by atoms with van der Waals surface area (Å²) in [7, 11) is 1.79. The molecule has 1 unspecified atom stereocenters. The normalized spacial score (nSPS) is 24.6. The van der Waals surface area contributed by atoms with Gasteiger partial charge in [0.25, 0.3) is 5.91 Å². The van der Waals surface area contributed by atoms with Gasteiger partial charge >= 0.3 is 0 Å². The Morgan fingerprint density at radius 3 is 2.75 bits per heavy atom. The summed E-state index contributed by atoms with van der Waals surface area (Å²) in [6.45, 7) is 1.30. The van der Waals surface area contributed by atoms with Gasteiger partial charge in [0.1, 0.15) is 11.7 Å². The molecule has 1 aliphatic carbocycles. The van der Waals surface area contributed by atoms with Gasteiger partial charge in [-0.2, -0.15) is 0 Å². The van der Waals surface area contributed by atoms with Crippen molar-refractivity contribution < 1.29 is 14.4 Å². The van der Waals surface area contributed by atoms with Gasteiger partial charge in [0.05, 0.1) is 6.17 Å². The van der Waals surface area contributed by atoms with Crippen molar-refractivity contribution in [2.45, 2.75) is 70.0 Å². The average molecular weight is 514 g/mol. The molecule has 1 aromatic carbocycles. The van der Waals surface area contributed by atoms with Crippen LogP contribution >= 0.6 is 11.6 Å². The molecule has 1 spiro atoms. The zero-order valence-corrected chi connectivity index (χ0v) is 21.6. The third-order valence-electron chi connectivity index (χ3n) is 8.41. The summed E-state index contributed by atoms with van der Waals surface area (Å²) in [4.78, 5) is 44.7. The first-order valence-corrected chi connectivity index (χ1v) is 13.6. The molecule has 3 heterocycles. The highest BCUT2D eigenvalue weighted by atomic mass is 35.5. The van der Waals surface area contributed by atoms with Crippen molar-refractivity contribution in [2.24, 2.45) is 11.3 Å². The Hall–Kier alpha value is -2.58. The standard InChI is InChI=1S/C27H36ClN5O3/c1-29-23(13-17-7-6-12-30-24(17)34)32-25(35)22-15-27(10-3-2-4-11-27)16-33(22)26(36)21-14-18-19(28)8-5-9-20(18)31-21/h5,8-9,14,17,22-23,29,31H,2-4,6-7,10-13,15-16H2,1H3,(H,30,34)(H,32,35)/t17-,22?,23-/m0/s1. The summed E-state index contributed by atoms with van der Waals surface area (Å²) in [5.74, 6) is -0.404. The lowest BCUT2D eigenvalue weighted by atomic mass is 9.72. The van der Waals surface area contributed by atoms with Crippen LogP contribution in [0, 0.1) is 11.3 Å². The lowest BCUT2D eigenvalue weighted by molar-refractivity contribution is -0.129. The van der Waals surface area contributed by atoms with Gasteiger partial charge < -0.3 is 25.8 Å². The molecule has 3 aliphatic rings. The van der Waals surface area contributed by atoms with Crippen molar-refractivity contribution in [1.82, 2.24) is 25.8 Å². The van der Waals surface area contributed by atoms with E-state index in [4.69, 9.17) is 11.6 Å². The molecule has 0 radical (unpaired) electrons. The smallest absolute Gasteiger partial charge is 0.271 e. The second-order valence-electron chi connectivity index (χ2n) is 10.8. The molecule has 8 nitrogen and oxygen atoms in total. The second-order valence-corrected chi connectivity index (χ2v) is 11.2. The summed E-state index contributed by atoms with van der Waals surface area (Å²) < 4.78 is 0. The van der Waals surface area contributed by atoms with E-state index in [9.17, 15) is 14.4 Å². The number of hydrogen-bond acceptors (Lipinski definition) is 4. The number of H-pyrrole nitrogens is 1. The molecular weight excluding hydrogens is 478 g/mol. The van der Waals surface area contributed by atoms with Crippen LogP contribution in [0.1, 0.15) is 68.3 Å². The van der Waals surface area contributed by atoms with Gasteiger partial charge in [0, 0.05) is 34.9 Å². The largest absolute Gasteiger partial charge is 0.356 e. The number of nitrogens with zero attached hydrogens (tertiary/aromatic N) is 1. The van der Waals surface area contributed by atoms with E-state index in [0.29, 0.717) is 36.6 Å². The van der Waals surface area contributed by atoms with E-state index in [1.807, 2.05) is 12.1 Å². The van der Waals surface area contributed by atoms with E-state index < -0.39 is 6.04 Å². The predicted octanol–water partition coefficient (Wildman–Crippen LogP) is 3.56. The van der Waals surface area contributed by atoms with E-state index in [2.05, 4.69) is 20.9 Å². The molecule has 36 heavy (non-hydrogen) atoms. The molecule has 5 rings (SSSR count). The number of amides is 3. The highest BCUT2D eigenvalue weighted by Gasteiger charge is 2.49. The Morgan fingerprint density at radius 1 is 1.22 bits per heavy atom. The van der Waals surface area contributed by atoms with Crippen LogP contribution in [0.15, 0.2) is 24.3 Å². The molecule has 194 valence electrons. The van der Waals surface area contributed by atoms with Crippen molar-refractivity contribution in [1.29, 1.82) is 0 Å². The average Bonchev–Trinajstić information content (AvgIpc) is 3.48. The molecule has 2 saturated heterocycles. The Labute approximate surface area is 216 Å². The van der Waals surface area contributed by atoms with Crippen LogP contribution < -0.4 is 16.0 Å². The number of aromatic amines is 1. The topological polar surface area (TPSA) is 106 Å². The molecular formula is C27H36ClN5O3. The minimum Gasteiger partial charge on any atom is -0.356 e. The van der Waals surface area contributed by atoms with Crippen LogP contribution in [0.2, 0.25) is 5.02 Å². The number of fused-ring (bicyclic) bond motifs is 1. The maximum Gasteiger partial charge on any atom is 0.271 e. The highest BCUT2D eigenvalue weighted by Crippen LogP contribution is 2.46. The molecule has 0 bridgehead atoms. The van der Waals surface area contributed by atoms with Crippen molar-refractivity contribution in [3.63, 3.8) is 0 Å². The fraction of sp³-hybridized carbons (Fsp3) is 0.593. The van der Waals surface area contributed by atoms with E-state index in [1.165, 1.54) is 6.42 Å². The second kappa shape index (κ2) is 10.4. The van der Waals surface area contributed by atoms with Gasteiger partial charge in [0.15, 0.2) is 0 Å². The van der Waals surface area contributed by atoms with Gasteiger partial charge in [-0.05, 0) is 69.2 Å². The van der Waals surface area contributed by atoms with Crippen LogP contribution in [0.4, 0.5) is 0 Å². The number of carbonyl (C=O) groups excluding carboxylic acids is 3.